The van der Waals surface area contributed by atoms with E-state index in [1.54, 1.807) is 0 Å². The average molecular weight is 277 g/mol. The number of aromatic amines is 1. The van der Waals surface area contributed by atoms with Gasteiger partial charge in [0.25, 0.3) is 0 Å². The number of nitrogens with zero attached hydrogens (tertiary/aromatic N) is 1. The van der Waals surface area contributed by atoms with Crippen LogP contribution in [0.4, 0.5) is 4.39 Å². The van der Waals surface area contributed by atoms with Crippen LogP contribution in [0.15, 0.2) is 36.4 Å². The molecule has 0 aliphatic carbocycles. The van der Waals surface area contributed by atoms with Crippen LogP contribution in [0.25, 0.3) is 22.4 Å². The third-order valence-corrected chi connectivity index (χ3v) is 3.27. The maximum Gasteiger partial charge on any atom is 0.143 e. The predicted octanol–water partition coefficient (Wildman–Crippen LogP) is 4.03. The highest BCUT2D eigenvalue weighted by Gasteiger charge is 2.17. The van der Waals surface area contributed by atoms with E-state index in [0.717, 1.165) is 11.0 Å². The Bertz CT molecular complexity index is 721. The molecule has 3 aromatic rings. The summed E-state index contributed by atoms with van der Waals surface area (Å²) in [6, 6.07) is 10.4. The molecule has 1 N–H and O–H groups in total. The first-order valence-corrected chi connectivity index (χ1v) is 6.05. The number of nitrogens with one attached hydrogen (secondary N) is 1. The van der Waals surface area contributed by atoms with Gasteiger partial charge in [0, 0.05) is 0 Å². The molecule has 0 atom stereocenters. The second-order valence-electron chi connectivity index (χ2n) is 4.04. The first kappa shape index (κ1) is 12.0. The molecule has 0 amide bonds. The molecule has 0 aliphatic rings. The molecule has 0 radical (unpaired) electrons. The Morgan fingerprint density at radius 2 is 2.00 bits per heavy atom. The van der Waals surface area contributed by atoms with Crippen molar-refractivity contribution in [3.8, 4) is 17.1 Å². The number of imidazole rings is 1. The molecule has 96 valence electrons. The van der Waals surface area contributed by atoms with Crippen LogP contribution in [0.5, 0.6) is 5.75 Å². The molecule has 0 fully saturated rings. The summed E-state index contributed by atoms with van der Waals surface area (Å²) in [5.41, 5.74) is 2.08. The number of fused-ring (bicyclic) bond motifs is 1. The summed E-state index contributed by atoms with van der Waals surface area (Å²) < 4.78 is 18.8. The molecule has 0 bridgehead atoms. The predicted molar refractivity (Wildman–Crippen MR) is 73.0 cm³/mol. The second kappa shape index (κ2) is 4.55. The number of rotatable bonds is 2. The minimum absolute atomic E-state index is 0.00148. The van der Waals surface area contributed by atoms with E-state index in [-0.39, 0.29) is 5.02 Å². The van der Waals surface area contributed by atoms with Crippen molar-refractivity contribution in [3.05, 3.63) is 47.2 Å². The Kier molecular flexibility index (Phi) is 2.87. The molecule has 0 saturated heterocycles. The zero-order valence-corrected chi connectivity index (χ0v) is 10.8. The second-order valence-corrected chi connectivity index (χ2v) is 4.42. The maximum atomic E-state index is 13.6. The summed E-state index contributed by atoms with van der Waals surface area (Å²) in [5, 5.41) is -0.00148. The molecule has 1 aromatic heterocycles. The zero-order chi connectivity index (χ0) is 13.4. The highest BCUT2D eigenvalue weighted by atomic mass is 35.5. The van der Waals surface area contributed by atoms with Gasteiger partial charge in [-0.1, -0.05) is 23.7 Å². The van der Waals surface area contributed by atoms with Gasteiger partial charge in [0.1, 0.15) is 17.4 Å². The van der Waals surface area contributed by atoms with E-state index in [0.29, 0.717) is 17.1 Å². The lowest BCUT2D eigenvalue weighted by Crippen LogP contribution is -1.92. The molecule has 2 aromatic carbocycles. The maximum absolute atomic E-state index is 13.6. The van der Waals surface area contributed by atoms with Crippen LogP contribution in [-0.4, -0.2) is 17.1 Å². The number of benzene rings is 2. The summed E-state index contributed by atoms with van der Waals surface area (Å²) in [6.07, 6.45) is 0. The third-order valence-electron chi connectivity index (χ3n) is 2.90. The molecule has 3 nitrogen and oxygen atoms in total. The van der Waals surface area contributed by atoms with Crippen molar-refractivity contribution in [3.63, 3.8) is 0 Å². The minimum Gasteiger partial charge on any atom is -0.496 e. The summed E-state index contributed by atoms with van der Waals surface area (Å²) in [5.74, 6) is 0.464. The van der Waals surface area contributed by atoms with Crippen LogP contribution in [0.2, 0.25) is 5.02 Å². The topological polar surface area (TPSA) is 37.9 Å². The van der Waals surface area contributed by atoms with Crippen LogP contribution in [-0.2, 0) is 0 Å². The standard InChI is InChI=1S/C14H10ClFN2O/c1-19-11-7-6-8(16)13(15)12(11)14-17-9-4-2-3-5-10(9)18-14/h2-7H,1H3,(H,17,18). The number of hydrogen-bond donors (Lipinski definition) is 1. The van der Waals surface area contributed by atoms with Gasteiger partial charge in [-0.2, -0.15) is 0 Å². The fourth-order valence-corrected chi connectivity index (χ4v) is 2.24. The third kappa shape index (κ3) is 1.94. The van der Waals surface area contributed by atoms with Crippen LogP contribution < -0.4 is 4.74 Å². The Balaban J connectivity index is 2.28. The molecule has 0 aliphatic heterocycles. The van der Waals surface area contributed by atoms with Gasteiger partial charge in [-0.25, -0.2) is 9.37 Å². The monoisotopic (exact) mass is 276 g/mol. The van der Waals surface area contributed by atoms with Crippen molar-refractivity contribution in [1.82, 2.24) is 9.97 Å². The molecular formula is C14H10ClFN2O. The van der Waals surface area contributed by atoms with E-state index in [9.17, 15) is 4.39 Å². The van der Waals surface area contributed by atoms with Gasteiger partial charge in [0.15, 0.2) is 0 Å². The van der Waals surface area contributed by atoms with Crippen LogP contribution in [0, 0.1) is 5.82 Å². The lowest BCUT2D eigenvalue weighted by atomic mass is 10.2. The SMILES string of the molecule is COc1ccc(F)c(Cl)c1-c1nc2ccccc2[nH]1. The quantitative estimate of drug-likeness (QED) is 0.767. The van der Waals surface area contributed by atoms with Gasteiger partial charge in [-0.15, -0.1) is 0 Å². The Labute approximate surface area is 114 Å². The van der Waals surface area contributed by atoms with Crippen LogP contribution in [0.1, 0.15) is 0 Å². The zero-order valence-electron chi connectivity index (χ0n) is 10.1. The Morgan fingerprint density at radius 1 is 1.21 bits per heavy atom. The molecule has 0 unspecified atom stereocenters. The van der Waals surface area contributed by atoms with E-state index in [2.05, 4.69) is 9.97 Å². The Hall–Kier alpha value is -2.07. The van der Waals surface area contributed by atoms with Crippen molar-refractivity contribution in [2.24, 2.45) is 0 Å². The van der Waals surface area contributed by atoms with Crippen molar-refractivity contribution in [2.75, 3.05) is 7.11 Å². The largest absolute Gasteiger partial charge is 0.496 e. The molecule has 0 saturated carbocycles. The molecule has 3 rings (SSSR count). The number of ether oxygens (including phenoxy) is 1. The smallest absolute Gasteiger partial charge is 0.143 e. The van der Waals surface area contributed by atoms with Crippen molar-refractivity contribution < 1.29 is 9.13 Å². The number of methoxy groups -OCH3 is 1. The van der Waals surface area contributed by atoms with Crippen molar-refractivity contribution in [1.29, 1.82) is 0 Å². The highest BCUT2D eigenvalue weighted by Crippen LogP contribution is 2.37. The summed E-state index contributed by atoms with van der Waals surface area (Å²) >= 11 is 6.02. The van der Waals surface area contributed by atoms with E-state index >= 15 is 0 Å². The molecular weight excluding hydrogens is 267 g/mol. The summed E-state index contributed by atoms with van der Waals surface area (Å²) in [6.45, 7) is 0. The van der Waals surface area contributed by atoms with E-state index in [4.69, 9.17) is 16.3 Å². The number of H-pyrrole nitrogens is 1. The molecule has 1 heterocycles. The van der Waals surface area contributed by atoms with Crippen molar-refractivity contribution in [2.45, 2.75) is 0 Å². The highest BCUT2D eigenvalue weighted by molar-refractivity contribution is 6.33. The number of halogens is 2. The van der Waals surface area contributed by atoms with Gasteiger partial charge < -0.3 is 9.72 Å². The number of hydrogen-bond acceptors (Lipinski definition) is 2. The Morgan fingerprint density at radius 3 is 2.74 bits per heavy atom. The van der Waals surface area contributed by atoms with Gasteiger partial charge in [0.2, 0.25) is 0 Å². The normalized spacial score (nSPS) is 10.9. The van der Waals surface area contributed by atoms with E-state index in [1.165, 1.54) is 19.2 Å². The van der Waals surface area contributed by atoms with Gasteiger partial charge in [-0.3, -0.25) is 0 Å². The minimum atomic E-state index is -0.502. The van der Waals surface area contributed by atoms with Gasteiger partial charge in [-0.05, 0) is 24.3 Å². The average Bonchev–Trinajstić information content (AvgIpc) is 2.84. The number of para-hydroxylation sites is 2. The van der Waals surface area contributed by atoms with E-state index in [1.807, 2.05) is 24.3 Å². The lowest BCUT2D eigenvalue weighted by Gasteiger charge is -2.08. The fourth-order valence-electron chi connectivity index (χ4n) is 1.99. The lowest BCUT2D eigenvalue weighted by molar-refractivity contribution is 0.415. The molecule has 19 heavy (non-hydrogen) atoms. The molecule has 5 heteroatoms. The van der Waals surface area contributed by atoms with Gasteiger partial charge >= 0.3 is 0 Å². The summed E-state index contributed by atoms with van der Waals surface area (Å²) in [7, 11) is 1.51. The summed E-state index contributed by atoms with van der Waals surface area (Å²) in [4.78, 5) is 7.52. The fraction of sp³-hybridized carbons (Fsp3) is 0.0714. The van der Waals surface area contributed by atoms with Gasteiger partial charge in [0.05, 0.1) is 28.7 Å². The van der Waals surface area contributed by atoms with Crippen molar-refractivity contribution >= 4 is 22.6 Å². The van der Waals surface area contributed by atoms with E-state index < -0.39 is 5.82 Å². The van der Waals surface area contributed by atoms with Crippen LogP contribution >= 0.6 is 11.6 Å². The number of aromatic nitrogens is 2. The molecule has 0 spiro atoms. The first-order chi connectivity index (χ1) is 9.20. The first-order valence-electron chi connectivity index (χ1n) is 5.68. The van der Waals surface area contributed by atoms with Crippen LogP contribution in [0.3, 0.4) is 0 Å².